The minimum absolute atomic E-state index is 0.134. The number of carbonyl (C=O) groups excluding carboxylic acids is 1. The maximum absolute atomic E-state index is 12.0. The van der Waals surface area contributed by atoms with Crippen molar-refractivity contribution in [2.75, 3.05) is 0 Å². The molecule has 1 aromatic carbocycles. The van der Waals surface area contributed by atoms with E-state index in [4.69, 9.17) is 16.0 Å². The van der Waals surface area contributed by atoms with E-state index in [1.165, 1.54) is 0 Å². The van der Waals surface area contributed by atoms with Crippen LogP contribution in [0.25, 0.3) is 0 Å². The first-order valence-corrected chi connectivity index (χ1v) is 7.16. The second kappa shape index (κ2) is 6.49. The molecule has 2 heterocycles. The lowest BCUT2D eigenvalue weighted by molar-refractivity contribution is 0.0948. The first-order chi connectivity index (χ1) is 10.7. The monoisotopic (exact) mass is 315 g/mol. The van der Waals surface area contributed by atoms with Crippen LogP contribution in [-0.4, -0.2) is 15.7 Å². The number of furan rings is 1. The normalized spacial score (nSPS) is 10.6. The third kappa shape index (κ3) is 3.56. The van der Waals surface area contributed by atoms with Crippen molar-refractivity contribution in [2.24, 2.45) is 0 Å². The molecule has 0 bridgehead atoms. The molecule has 22 heavy (non-hydrogen) atoms. The van der Waals surface area contributed by atoms with Crippen LogP contribution in [-0.2, 0) is 13.1 Å². The van der Waals surface area contributed by atoms with Gasteiger partial charge in [-0.2, -0.15) is 5.10 Å². The van der Waals surface area contributed by atoms with Crippen molar-refractivity contribution >= 4 is 17.5 Å². The predicted molar refractivity (Wildman–Crippen MR) is 82.7 cm³/mol. The molecule has 0 saturated carbocycles. The second-order valence-corrected chi connectivity index (χ2v) is 5.25. The maximum Gasteiger partial charge on any atom is 0.251 e. The third-order valence-corrected chi connectivity index (χ3v) is 3.36. The van der Waals surface area contributed by atoms with E-state index in [9.17, 15) is 4.79 Å². The van der Waals surface area contributed by atoms with Crippen LogP contribution in [0.3, 0.4) is 0 Å². The van der Waals surface area contributed by atoms with Crippen LogP contribution in [0.2, 0.25) is 5.02 Å². The van der Waals surface area contributed by atoms with Crippen LogP contribution >= 0.6 is 11.6 Å². The van der Waals surface area contributed by atoms with E-state index in [2.05, 4.69) is 10.4 Å². The highest BCUT2D eigenvalue weighted by molar-refractivity contribution is 6.30. The van der Waals surface area contributed by atoms with Gasteiger partial charge < -0.3 is 9.73 Å². The Bertz CT molecular complexity index is 748. The molecule has 0 fully saturated rings. The molecule has 6 heteroatoms. The maximum atomic E-state index is 12.0. The molecule has 3 aromatic rings. The smallest absolute Gasteiger partial charge is 0.251 e. The van der Waals surface area contributed by atoms with E-state index in [-0.39, 0.29) is 5.91 Å². The van der Waals surface area contributed by atoms with Gasteiger partial charge >= 0.3 is 0 Å². The van der Waals surface area contributed by atoms with Crippen molar-refractivity contribution in [3.8, 4) is 0 Å². The average Bonchev–Trinajstić information content (AvgIpc) is 3.17. The number of aromatic nitrogens is 2. The highest BCUT2D eigenvalue weighted by Gasteiger charge is 2.06. The van der Waals surface area contributed by atoms with Crippen molar-refractivity contribution in [1.29, 1.82) is 0 Å². The molecule has 3 rings (SSSR count). The fourth-order valence-electron chi connectivity index (χ4n) is 2.06. The van der Waals surface area contributed by atoms with Gasteiger partial charge in [0.15, 0.2) is 0 Å². The lowest BCUT2D eigenvalue weighted by Gasteiger charge is -2.05. The molecular weight excluding hydrogens is 302 g/mol. The van der Waals surface area contributed by atoms with E-state index >= 15 is 0 Å². The van der Waals surface area contributed by atoms with Crippen LogP contribution in [0.1, 0.15) is 21.7 Å². The summed E-state index contributed by atoms with van der Waals surface area (Å²) in [6.45, 7) is 0.986. The van der Waals surface area contributed by atoms with E-state index in [0.29, 0.717) is 23.7 Å². The zero-order chi connectivity index (χ0) is 15.4. The number of nitrogens with one attached hydrogen (secondary N) is 1. The van der Waals surface area contributed by atoms with Gasteiger partial charge in [0.25, 0.3) is 5.91 Å². The topological polar surface area (TPSA) is 60.1 Å². The summed E-state index contributed by atoms with van der Waals surface area (Å²) < 4.78 is 6.92. The molecular formula is C16H14ClN3O2. The van der Waals surface area contributed by atoms with E-state index in [0.717, 1.165) is 11.3 Å². The van der Waals surface area contributed by atoms with E-state index < -0.39 is 0 Å². The summed E-state index contributed by atoms with van der Waals surface area (Å²) in [4.78, 5) is 12.0. The number of halogens is 1. The molecule has 112 valence electrons. The summed E-state index contributed by atoms with van der Waals surface area (Å²) in [7, 11) is 0. The Morgan fingerprint density at radius 2 is 2.09 bits per heavy atom. The third-order valence-electron chi connectivity index (χ3n) is 3.17. The summed E-state index contributed by atoms with van der Waals surface area (Å²) >= 11 is 5.83. The molecule has 0 aliphatic rings. The molecule has 1 N–H and O–H groups in total. The molecule has 0 unspecified atom stereocenters. The van der Waals surface area contributed by atoms with Gasteiger partial charge in [-0.3, -0.25) is 9.48 Å². The number of hydrogen-bond donors (Lipinski definition) is 1. The highest BCUT2D eigenvalue weighted by Crippen LogP contribution is 2.10. The van der Waals surface area contributed by atoms with Gasteiger partial charge in [-0.25, -0.2) is 0 Å². The van der Waals surface area contributed by atoms with E-state index in [1.807, 2.05) is 18.2 Å². The highest BCUT2D eigenvalue weighted by atomic mass is 35.5. The summed E-state index contributed by atoms with van der Waals surface area (Å²) in [6.07, 6.45) is 4.93. The molecule has 5 nitrogen and oxygen atoms in total. The summed E-state index contributed by atoms with van der Waals surface area (Å²) in [5.41, 5.74) is 1.65. The van der Waals surface area contributed by atoms with Crippen LogP contribution in [0, 0.1) is 0 Å². The molecule has 0 aliphatic carbocycles. The fraction of sp³-hybridized carbons (Fsp3) is 0.125. The largest absolute Gasteiger partial charge is 0.467 e. The molecule has 0 aliphatic heterocycles. The lowest BCUT2D eigenvalue weighted by atomic mass is 10.1. The van der Waals surface area contributed by atoms with Gasteiger partial charge in [-0.05, 0) is 29.8 Å². The fourth-order valence-corrected chi connectivity index (χ4v) is 2.21. The first kappa shape index (κ1) is 14.4. The Labute approximate surface area is 132 Å². The summed E-state index contributed by atoms with van der Waals surface area (Å²) in [5.74, 6) is 0.589. The van der Waals surface area contributed by atoms with Crippen LogP contribution in [0.15, 0.2) is 59.5 Å². The first-order valence-electron chi connectivity index (χ1n) is 6.78. The quantitative estimate of drug-likeness (QED) is 0.787. The molecule has 1 amide bonds. The average molecular weight is 316 g/mol. The van der Waals surface area contributed by atoms with Crippen LogP contribution in [0.4, 0.5) is 0 Å². The Hall–Kier alpha value is -2.53. The van der Waals surface area contributed by atoms with Crippen molar-refractivity contribution in [2.45, 2.75) is 13.1 Å². The number of nitrogens with zero attached hydrogens (tertiary/aromatic N) is 2. The Morgan fingerprint density at radius 1 is 1.27 bits per heavy atom. The van der Waals surface area contributed by atoms with Gasteiger partial charge in [-0.1, -0.05) is 23.7 Å². The molecule has 0 radical (unpaired) electrons. The van der Waals surface area contributed by atoms with Crippen molar-refractivity contribution in [3.63, 3.8) is 0 Å². The van der Waals surface area contributed by atoms with Crippen LogP contribution < -0.4 is 5.32 Å². The Morgan fingerprint density at radius 3 is 2.73 bits per heavy atom. The zero-order valence-corrected chi connectivity index (χ0v) is 12.5. The standard InChI is InChI=1S/C16H14ClN3O2/c17-14-8-19-20(11-14)10-12-3-5-13(6-4-12)16(21)18-9-15-2-1-7-22-15/h1-8,11H,9-10H2,(H,18,21). The van der Waals surface area contributed by atoms with Gasteiger partial charge in [0.05, 0.1) is 30.6 Å². The Balaban J connectivity index is 1.59. The SMILES string of the molecule is O=C(NCc1ccco1)c1ccc(Cn2cc(Cl)cn2)cc1. The second-order valence-electron chi connectivity index (χ2n) is 4.82. The van der Waals surface area contributed by atoms with Gasteiger partial charge in [-0.15, -0.1) is 0 Å². The lowest BCUT2D eigenvalue weighted by Crippen LogP contribution is -2.22. The van der Waals surface area contributed by atoms with Gasteiger partial charge in [0.2, 0.25) is 0 Å². The number of hydrogen-bond acceptors (Lipinski definition) is 3. The van der Waals surface area contributed by atoms with Gasteiger partial charge in [0.1, 0.15) is 5.76 Å². The summed E-state index contributed by atoms with van der Waals surface area (Å²) in [5, 5.41) is 7.53. The number of rotatable bonds is 5. The Kier molecular flexibility index (Phi) is 4.25. The molecule has 2 aromatic heterocycles. The number of carbonyl (C=O) groups is 1. The van der Waals surface area contributed by atoms with Crippen molar-refractivity contribution in [3.05, 3.63) is 77.0 Å². The number of benzene rings is 1. The van der Waals surface area contributed by atoms with Crippen molar-refractivity contribution in [1.82, 2.24) is 15.1 Å². The van der Waals surface area contributed by atoms with Crippen molar-refractivity contribution < 1.29 is 9.21 Å². The molecule has 0 saturated heterocycles. The zero-order valence-electron chi connectivity index (χ0n) is 11.7. The minimum Gasteiger partial charge on any atom is -0.467 e. The number of amides is 1. The molecule has 0 spiro atoms. The molecule has 0 atom stereocenters. The predicted octanol–water partition coefficient (Wildman–Crippen LogP) is 3.11. The van der Waals surface area contributed by atoms with Crippen LogP contribution in [0.5, 0.6) is 0 Å². The summed E-state index contributed by atoms with van der Waals surface area (Å²) in [6, 6.07) is 11.0. The van der Waals surface area contributed by atoms with Gasteiger partial charge in [0, 0.05) is 11.8 Å². The minimum atomic E-state index is -0.134. The van der Waals surface area contributed by atoms with E-state index in [1.54, 1.807) is 41.5 Å².